The fraction of sp³-hybridized carbons (Fsp3) is 0.692. The summed E-state index contributed by atoms with van der Waals surface area (Å²) in [7, 11) is 0. The summed E-state index contributed by atoms with van der Waals surface area (Å²) in [6, 6.07) is 0.151. The van der Waals surface area contributed by atoms with E-state index in [1.165, 1.54) is 32.1 Å². The van der Waals surface area contributed by atoms with Crippen LogP contribution in [-0.4, -0.2) is 9.97 Å². The molecule has 3 atom stereocenters. The maximum atomic E-state index is 5.70. The minimum Gasteiger partial charge on any atom is -0.271 e. The molecule has 3 unspecified atom stereocenters. The van der Waals surface area contributed by atoms with Crippen LogP contribution >= 0.6 is 0 Å². The minimum absolute atomic E-state index is 0.151. The third kappa shape index (κ3) is 3.01. The van der Waals surface area contributed by atoms with Crippen LogP contribution in [0.3, 0.4) is 0 Å². The van der Waals surface area contributed by atoms with E-state index in [1.807, 2.05) is 6.20 Å². The SMILES string of the molecule is CCC1CCCC(C(NN)c2cnccn2)C1. The molecule has 0 aromatic carbocycles. The number of hydrazine groups is 1. The van der Waals surface area contributed by atoms with Crippen LogP contribution in [0.1, 0.15) is 50.8 Å². The van der Waals surface area contributed by atoms with Crippen LogP contribution in [0.2, 0.25) is 0 Å². The Labute approximate surface area is 103 Å². The van der Waals surface area contributed by atoms with Crippen LogP contribution in [0.4, 0.5) is 0 Å². The van der Waals surface area contributed by atoms with Crippen molar-refractivity contribution in [3.05, 3.63) is 24.3 Å². The molecule has 94 valence electrons. The van der Waals surface area contributed by atoms with Gasteiger partial charge in [0.15, 0.2) is 0 Å². The zero-order valence-electron chi connectivity index (χ0n) is 10.5. The fourth-order valence-electron chi connectivity index (χ4n) is 2.94. The first-order valence-corrected chi connectivity index (χ1v) is 6.57. The molecular formula is C13H22N4. The van der Waals surface area contributed by atoms with Crippen molar-refractivity contribution in [2.75, 3.05) is 0 Å². The Hall–Kier alpha value is -1.00. The largest absolute Gasteiger partial charge is 0.271 e. The van der Waals surface area contributed by atoms with Gasteiger partial charge in [0.05, 0.1) is 17.9 Å². The lowest BCUT2D eigenvalue weighted by atomic mass is 9.76. The van der Waals surface area contributed by atoms with Gasteiger partial charge in [0.25, 0.3) is 0 Å². The first kappa shape index (κ1) is 12.5. The number of nitrogens with two attached hydrogens (primary N) is 1. The van der Waals surface area contributed by atoms with Gasteiger partial charge in [-0.25, -0.2) is 0 Å². The van der Waals surface area contributed by atoms with E-state index < -0.39 is 0 Å². The Kier molecular flexibility index (Phi) is 4.45. The molecule has 0 saturated heterocycles. The Morgan fingerprint density at radius 1 is 1.47 bits per heavy atom. The second-order valence-corrected chi connectivity index (χ2v) is 4.98. The number of aromatic nitrogens is 2. The summed E-state index contributed by atoms with van der Waals surface area (Å²) in [6.45, 7) is 2.28. The van der Waals surface area contributed by atoms with Crippen molar-refractivity contribution in [2.45, 2.75) is 45.1 Å². The molecule has 1 aromatic heterocycles. The highest BCUT2D eigenvalue weighted by atomic mass is 15.2. The zero-order chi connectivity index (χ0) is 12.1. The lowest BCUT2D eigenvalue weighted by Crippen LogP contribution is -2.36. The normalized spacial score (nSPS) is 26.7. The highest BCUT2D eigenvalue weighted by Crippen LogP contribution is 2.37. The van der Waals surface area contributed by atoms with Crippen LogP contribution in [0, 0.1) is 11.8 Å². The molecule has 1 saturated carbocycles. The van der Waals surface area contributed by atoms with E-state index in [0.29, 0.717) is 5.92 Å². The summed E-state index contributed by atoms with van der Waals surface area (Å²) >= 11 is 0. The molecule has 1 fully saturated rings. The monoisotopic (exact) mass is 234 g/mol. The quantitative estimate of drug-likeness (QED) is 0.619. The lowest BCUT2D eigenvalue weighted by molar-refractivity contribution is 0.207. The maximum Gasteiger partial charge on any atom is 0.0772 e. The first-order chi connectivity index (χ1) is 8.35. The molecule has 0 radical (unpaired) electrons. The Morgan fingerprint density at radius 3 is 3.00 bits per heavy atom. The minimum atomic E-state index is 0.151. The molecule has 2 rings (SSSR count). The number of rotatable bonds is 4. The molecule has 4 nitrogen and oxygen atoms in total. The maximum absolute atomic E-state index is 5.70. The van der Waals surface area contributed by atoms with Crippen molar-refractivity contribution < 1.29 is 0 Å². The van der Waals surface area contributed by atoms with Gasteiger partial charge in [-0.05, 0) is 24.7 Å². The number of hydrogen-bond donors (Lipinski definition) is 2. The number of nitrogens with one attached hydrogen (secondary N) is 1. The average molecular weight is 234 g/mol. The molecule has 17 heavy (non-hydrogen) atoms. The van der Waals surface area contributed by atoms with Crippen molar-refractivity contribution in [1.29, 1.82) is 0 Å². The van der Waals surface area contributed by atoms with E-state index in [2.05, 4.69) is 22.3 Å². The van der Waals surface area contributed by atoms with Gasteiger partial charge < -0.3 is 0 Å². The molecule has 1 aliphatic rings. The summed E-state index contributed by atoms with van der Waals surface area (Å²) in [5, 5.41) is 0. The Morgan fingerprint density at radius 2 is 2.35 bits per heavy atom. The lowest BCUT2D eigenvalue weighted by Gasteiger charge is -2.33. The smallest absolute Gasteiger partial charge is 0.0772 e. The van der Waals surface area contributed by atoms with Crippen LogP contribution in [0.5, 0.6) is 0 Å². The molecule has 0 amide bonds. The van der Waals surface area contributed by atoms with Gasteiger partial charge in [-0.2, -0.15) is 0 Å². The predicted octanol–water partition coefficient (Wildman–Crippen LogP) is 2.20. The van der Waals surface area contributed by atoms with E-state index in [-0.39, 0.29) is 6.04 Å². The van der Waals surface area contributed by atoms with Crippen LogP contribution < -0.4 is 11.3 Å². The van der Waals surface area contributed by atoms with Gasteiger partial charge in [0.1, 0.15) is 0 Å². The molecule has 1 aromatic rings. The summed E-state index contributed by atoms with van der Waals surface area (Å²) in [6.07, 6.45) is 11.7. The highest BCUT2D eigenvalue weighted by molar-refractivity contribution is 5.04. The van der Waals surface area contributed by atoms with Crippen molar-refractivity contribution in [1.82, 2.24) is 15.4 Å². The standard InChI is InChI=1S/C13H22N4/c1-2-10-4-3-5-11(8-10)13(17-14)12-9-15-6-7-16-12/h6-7,9-11,13,17H,2-5,8,14H2,1H3. The first-order valence-electron chi connectivity index (χ1n) is 6.57. The van der Waals surface area contributed by atoms with Crippen molar-refractivity contribution >= 4 is 0 Å². The van der Waals surface area contributed by atoms with Crippen molar-refractivity contribution in [3.8, 4) is 0 Å². The second-order valence-electron chi connectivity index (χ2n) is 4.98. The Balaban J connectivity index is 2.08. The molecule has 4 heteroatoms. The van der Waals surface area contributed by atoms with E-state index in [1.54, 1.807) is 12.4 Å². The topological polar surface area (TPSA) is 63.8 Å². The van der Waals surface area contributed by atoms with Gasteiger partial charge in [-0.15, -0.1) is 0 Å². The number of hydrogen-bond acceptors (Lipinski definition) is 4. The molecular weight excluding hydrogens is 212 g/mol. The van der Waals surface area contributed by atoms with Crippen molar-refractivity contribution in [3.63, 3.8) is 0 Å². The molecule has 0 spiro atoms. The zero-order valence-corrected chi connectivity index (χ0v) is 10.5. The summed E-state index contributed by atoms with van der Waals surface area (Å²) in [5.41, 5.74) is 3.90. The van der Waals surface area contributed by atoms with Gasteiger partial charge in [-0.1, -0.05) is 26.2 Å². The third-order valence-corrected chi connectivity index (χ3v) is 3.95. The van der Waals surface area contributed by atoms with E-state index >= 15 is 0 Å². The van der Waals surface area contributed by atoms with Gasteiger partial charge in [-0.3, -0.25) is 21.2 Å². The molecule has 3 N–H and O–H groups in total. The van der Waals surface area contributed by atoms with E-state index in [9.17, 15) is 0 Å². The fourth-order valence-corrected chi connectivity index (χ4v) is 2.94. The molecule has 1 heterocycles. The van der Waals surface area contributed by atoms with E-state index in [0.717, 1.165) is 11.6 Å². The molecule has 0 bridgehead atoms. The van der Waals surface area contributed by atoms with Crippen molar-refractivity contribution in [2.24, 2.45) is 17.7 Å². The van der Waals surface area contributed by atoms with Gasteiger partial charge in [0.2, 0.25) is 0 Å². The second kappa shape index (κ2) is 6.07. The Bertz CT molecular complexity index is 327. The van der Waals surface area contributed by atoms with Crippen LogP contribution in [0.15, 0.2) is 18.6 Å². The summed E-state index contributed by atoms with van der Waals surface area (Å²) in [4.78, 5) is 8.50. The van der Waals surface area contributed by atoms with Crippen LogP contribution in [0.25, 0.3) is 0 Å². The summed E-state index contributed by atoms with van der Waals surface area (Å²) < 4.78 is 0. The molecule has 1 aliphatic carbocycles. The highest BCUT2D eigenvalue weighted by Gasteiger charge is 2.28. The third-order valence-electron chi connectivity index (χ3n) is 3.95. The van der Waals surface area contributed by atoms with Crippen LogP contribution in [-0.2, 0) is 0 Å². The molecule has 0 aliphatic heterocycles. The van der Waals surface area contributed by atoms with Gasteiger partial charge >= 0.3 is 0 Å². The van der Waals surface area contributed by atoms with Gasteiger partial charge in [0, 0.05) is 12.4 Å². The summed E-state index contributed by atoms with van der Waals surface area (Å²) in [5.74, 6) is 7.15. The number of nitrogens with zero attached hydrogens (tertiary/aromatic N) is 2. The van der Waals surface area contributed by atoms with E-state index in [4.69, 9.17) is 5.84 Å². The predicted molar refractivity (Wildman–Crippen MR) is 67.8 cm³/mol. The average Bonchev–Trinajstić information content (AvgIpc) is 2.41.